The van der Waals surface area contributed by atoms with Gasteiger partial charge in [-0.2, -0.15) is 0 Å². The number of hydrogen-bond acceptors (Lipinski definition) is 3. The summed E-state index contributed by atoms with van der Waals surface area (Å²) in [5, 5.41) is 1.12. The first-order valence-corrected chi connectivity index (χ1v) is 8.93. The molecule has 0 aliphatic heterocycles. The van der Waals surface area contributed by atoms with E-state index < -0.39 is 0 Å². The molecule has 2 N–H and O–H groups in total. The van der Waals surface area contributed by atoms with Crippen LogP contribution >= 0.6 is 0 Å². The van der Waals surface area contributed by atoms with Gasteiger partial charge in [0.05, 0.1) is 10.9 Å². The quantitative estimate of drug-likeness (QED) is 0.735. The lowest BCUT2D eigenvalue weighted by Gasteiger charge is -2.12. The minimum absolute atomic E-state index is 0.183. The van der Waals surface area contributed by atoms with Crippen molar-refractivity contribution in [3.05, 3.63) is 71.4 Å². The van der Waals surface area contributed by atoms with E-state index in [9.17, 15) is 4.79 Å². The summed E-state index contributed by atoms with van der Waals surface area (Å²) in [6.45, 7) is 2.49. The smallest absolute Gasteiger partial charge is 0.223 e. The Kier molecular flexibility index (Phi) is 4.11. The Labute approximate surface area is 153 Å². The van der Waals surface area contributed by atoms with Crippen LogP contribution in [0.25, 0.3) is 10.9 Å². The first-order valence-electron chi connectivity index (χ1n) is 8.93. The number of aromatic nitrogens is 1. The van der Waals surface area contributed by atoms with Crippen LogP contribution in [0.5, 0.6) is 5.75 Å². The summed E-state index contributed by atoms with van der Waals surface area (Å²) < 4.78 is 5.98. The Morgan fingerprint density at radius 1 is 1.15 bits per heavy atom. The maximum absolute atomic E-state index is 11.5. The number of pyridine rings is 1. The van der Waals surface area contributed by atoms with E-state index in [0.29, 0.717) is 6.61 Å². The zero-order chi connectivity index (χ0) is 18.1. The van der Waals surface area contributed by atoms with Crippen LogP contribution in [-0.2, 0) is 17.8 Å². The van der Waals surface area contributed by atoms with Gasteiger partial charge in [-0.15, -0.1) is 0 Å². The molecule has 0 spiro atoms. The molecule has 0 radical (unpaired) electrons. The molecule has 132 valence electrons. The van der Waals surface area contributed by atoms with Gasteiger partial charge in [0.25, 0.3) is 0 Å². The molecule has 3 aromatic rings. The van der Waals surface area contributed by atoms with Crippen molar-refractivity contribution in [2.75, 3.05) is 0 Å². The average Bonchev–Trinajstić information content (AvgIpc) is 3.42. The van der Waals surface area contributed by atoms with Crippen molar-refractivity contribution in [3.8, 4) is 5.75 Å². The van der Waals surface area contributed by atoms with E-state index in [0.717, 1.165) is 52.7 Å². The third-order valence-corrected chi connectivity index (χ3v) is 5.17. The number of primary amides is 1. The number of fused-ring (bicyclic) bond motifs is 1. The van der Waals surface area contributed by atoms with Crippen LogP contribution in [0.3, 0.4) is 0 Å². The fourth-order valence-electron chi connectivity index (χ4n) is 3.43. The molecule has 1 fully saturated rings. The van der Waals surface area contributed by atoms with E-state index in [1.165, 1.54) is 0 Å². The van der Waals surface area contributed by atoms with Crippen LogP contribution < -0.4 is 10.5 Å². The van der Waals surface area contributed by atoms with Crippen LogP contribution in [0.2, 0.25) is 0 Å². The normalized spacial score (nSPS) is 15.0. The van der Waals surface area contributed by atoms with Crippen molar-refractivity contribution < 1.29 is 9.53 Å². The number of nitrogens with zero attached hydrogens (tertiary/aromatic N) is 1. The Balaban J connectivity index is 1.46. The summed E-state index contributed by atoms with van der Waals surface area (Å²) in [4.78, 5) is 16.1. The predicted molar refractivity (Wildman–Crippen MR) is 102 cm³/mol. The van der Waals surface area contributed by atoms with E-state index in [1.807, 2.05) is 49.4 Å². The molecule has 1 aliphatic rings. The average molecular weight is 346 g/mol. The third kappa shape index (κ3) is 3.27. The molecule has 4 heteroatoms. The molecule has 1 aromatic heterocycles. The van der Waals surface area contributed by atoms with E-state index in [1.54, 1.807) is 0 Å². The Hall–Kier alpha value is -2.88. The Bertz CT molecular complexity index is 960. The van der Waals surface area contributed by atoms with Gasteiger partial charge >= 0.3 is 0 Å². The highest BCUT2D eigenvalue weighted by Crippen LogP contribution is 2.48. The van der Waals surface area contributed by atoms with Gasteiger partial charge in [0.15, 0.2) is 0 Å². The van der Waals surface area contributed by atoms with Gasteiger partial charge in [0.1, 0.15) is 12.4 Å². The number of carbonyl (C=O) groups is 1. The highest BCUT2D eigenvalue weighted by Gasteiger charge is 2.48. The second-order valence-electron chi connectivity index (χ2n) is 7.19. The minimum atomic E-state index is -0.310. The van der Waals surface area contributed by atoms with Gasteiger partial charge in [-0.1, -0.05) is 30.3 Å². The largest absolute Gasteiger partial charge is 0.489 e. The number of ether oxygens (including phenoxy) is 1. The van der Waals surface area contributed by atoms with Gasteiger partial charge in [-0.3, -0.25) is 9.78 Å². The summed E-state index contributed by atoms with van der Waals surface area (Å²) in [5.41, 5.74) is 9.43. The lowest BCUT2D eigenvalue weighted by molar-refractivity contribution is -0.123. The first-order chi connectivity index (χ1) is 12.6. The molecule has 4 rings (SSSR count). The number of amides is 1. The van der Waals surface area contributed by atoms with Crippen LogP contribution in [0.4, 0.5) is 0 Å². The maximum Gasteiger partial charge on any atom is 0.223 e. The standard InChI is InChI=1S/C22H22N2O2/c1-15-12-17(19-4-2-3-5-20(19)24-15)14-26-18-8-6-16(7-9-18)13-22(10-11-22)21(23)25/h2-9,12H,10-11,13-14H2,1H3,(H2,23,25). The third-order valence-electron chi connectivity index (χ3n) is 5.17. The van der Waals surface area contributed by atoms with E-state index in [4.69, 9.17) is 10.5 Å². The Morgan fingerprint density at radius 2 is 1.88 bits per heavy atom. The molecule has 0 bridgehead atoms. The fourth-order valence-corrected chi connectivity index (χ4v) is 3.43. The lowest BCUT2D eigenvalue weighted by atomic mass is 9.96. The number of para-hydroxylation sites is 1. The molecule has 1 heterocycles. The summed E-state index contributed by atoms with van der Waals surface area (Å²) in [6.07, 6.45) is 2.51. The molecule has 1 amide bonds. The van der Waals surface area contributed by atoms with Crippen molar-refractivity contribution >= 4 is 16.8 Å². The predicted octanol–water partition coefficient (Wildman–Crippen LogP) is 3.93. The van der Waals surface area contributed by atoms with Crippen molar-refractivity contribution in [1.29, 1.82) is 0 Å². The van der Waals surface area contributed by atoms with Crippen molar-refractivity contribution in [3.63, 3.8) is 0 Å². The number of hydrogen-bond donors (Lipinski definition) is 1. The topological polar surface area (TPSA) is 65.2 Å². The molecule has 1 saturated carbocycles. The van der Waals surface area contributed by atoms with Crippen LogP contribution in [0.15, 0.2) is 54.6 Å². The van der Waals surface area contributed by atoms with E-state index in [-0.39, 0.29) is 11.3 Å². The number of benzene rings is 2. The minimum Gasteiger partial charge on any atom is -0.489 e. The monoisotopic (exact) mass is 346 g/mol. The van der Waals surface area contributed by atoms with Crippen molar-refractivity contribution in [2.24, 2.45) is 11.1 Å². The highest BCUT2D eigenvalue weighted by atomic mass is 16.5. The fraction of sp³-hybridized carbons (Fsp3) is 0.273. The second-order valence-corrected chi connectivity index (χ2v) is 7.19. The lowest BCUT2D eigenvalue weighted by Crippen LogP contribution is -2.26. The number of nitrogens with two attached hydrogens (primary N) is 1. The maximum atomic E-state index is 11.5. The van der Waals surface area contributed by atoms with Gasteiger partial charge in [-0.25, -0.2) is 0 Å². The number of aryl methyl sites for hydroxylation is 1. The molecule has 0 atom stereocenters. The molecule has 0 saturated heterocycles. The number of carbonyl (C=O) groups excluding carboxylic acids is 1. The molecule has 0 unspecified atom stereocenters. The molecule has 1 aliphatic carbocycles. The molecular weight excluding hydrogens is 324 g/mol. The zero-order valence-electron chi connectivity index (χ0n) is 14.9. The zero-order valence-corrected chi connectivity index (χ0v) is 14.9. The Morgan fingerprint density at radius 3 is 2.58 bits per heavy atom. The van der Waals surface area contributed by atoms with Gasteiger partial charge < -0.3 is 10.5 Å². The SMILES string of the molecule is Cc1cc(COc2ccc(CC3(C(N)=O)CC3)cc2)c2ccccc2n1. The summed E-state index contributed by atoms with van der Waals surface area (Å²) >= 11 is 0. The second kappa shape index (κ2) is 6.45. The summed E-state index contributed by atoms with van der Waals surface area (Å²) in [6, 6.07) is 18.1. The summed E-state index contributed by atoms with van der Waals surface area (Å²) in [5.74, 6) is 0.633. The van der Waals surface area contributed by atoms with E-state index in [2.05, 4.69) is 17.1 Å². The van der Waals surface area contributed by atoms with Crippen LogP contribution in [0, 0.1) is 12.3 Å². The number of rotatable bonds is 6. The first kappa shape index (κ1) is 16.6. The molecular formula is C22H22N2O2. The van der Waals surface area contributed by atoms with Gasteiger partial charge in [-0.05, 0) is 56.0 Å². The van der Waals surface area contributed by atoms with Crippen molar-refractivity contribution in [2.45, 2.75) is 32.8 Å². The van der Waals surface area contributed by atoms with E-state index >= 15 is 0 Å². The van der Waals surface area contributed by atoms with Crippen molar-refractivity contribution in [1.82, 2.24) is 4.98 Å². The van der Waals surface area contributed by atoms with Gasteiger partial charge in [0.2, 0.25) is 5.91 Å². The summed E-state index contributed by atoms with van der Waals surface area (Å²) in [7, 11) is 0. The van der Waals surface area contributed by atoms with Crippen LogP contribution in [0.1, 0.15) is 29.7 Å². The molecule has 4 nitrogen and oxygen atoms in total. The molecule has 26 heavy (non-hydrogen) atoms. The van der Waals surface area contributed by atoms with Crippen LogP contribution in [-0.4, -0.2) is 10.9 Å². The molecule has 2 aromatic carbocycles. The van der Waals surface area contributed by atoms with Gasteiger partial charge in [0, 0.05) is 16.6 Å². The highest BCUT2D eigenvalue weighted by molar-refractivity contribution is 5.84.